The minimum atomic E-state index is 0.708. The number of benzene rings is 1. The van der Waals surface area contributed by atoms with Crippen LogP contribution in [0.3, 0.4) is 0 Å². The van der Waals surface area contributed by atoms with Crippen LogP contribution in [-0.2, 0) is 0 Å². The van der Waals surface area contributed by atoms with Crippen molar-refractivity contribution in [2.45, 2.75) is 19.3 Å². The first kappa shape index (κ1) is 10.8. The van der Waals surface area contributed by atoms with Crippen LogP contribution in [0.25, 0.3) is 0 Å². The summed E-state index contributed by atoms with van der Waals surface area (Å²) in [6, 6.07) is 9.68. The van der Waals surface area contributed by atoms with Gasteiger partial charge in [0.15, 0.2) is 0 Å². The number of nitrogens with one attached hydrogen (secondary N) is 1. The molecule has 0 saturated heterocycles. The van der Waals surface area contributed by atoms with E-state index in [-0.39, 0.29) is 0 Å². The molecule has 2 rings (SSSR count). The van der Waals surface area contributed by atoms with E-state index in [0.29, 0.717) is 5.56 Å². The van der Waals surface area contributed by atoms with Gasteiger partial charge >= 0.3 is 0 Å². The van der Waals surface area contributed by atoms with Gasteiger partial charge in [0, 0.05) is 12.2 Å². The Bertz CT molecular complexity index is 394. The maximum Gasteiger partial charge on any atom is 0.0991 e. The number of hydrogen-bond acceptors (Lipinski definition) is 2. The average molecular weight is 212 g/mol. The lowest BCUT2D eigenvalue weighted by Crippen LogP contribution is -1.99. The summed E-state index contributed by atoms with van der Waals surface area (Å²) in [7, 11) is 0. The molecule has 16 heavy (non-hydrogen) atoms. The lowest BCUT2D eigenvalue weighted by atomic mass is 10.2. The summed E-state index contributed by atoms with van der Waals surface area (Å²) < 4.78 is 0. The summed E-state index contributed by atoms with van der Waals surface area (Å²) in [5, 5.41) is 12.0. The van der Waals surface area contributed by atoms with Crippen molar-refractivity contribution in [1.29, 1.82) is 5.26 Å². The minimum absolute atomic E-state index is 0.708. The maximum absolute atomic E-state index is 8.65. The molecule has 2 nitrogen and oxygen atoms in total. The Kier molecular flexibility index (Phi) is 3.61. The molecule has 1 aromatic rings. The number of nitrogens with zero attached hydrogens (tertiary/aromatic N) is 1. The molecule has 1 saturated carbocycles. The smallest absolute Gasteiger partial charge is 0.0991 e. The SMILES string of the molecule is N#Cc1ccc(NCCC=CC2CC2)cc1. The predicted molar refractivity (Wildman–Crippen MR) is 66.1 cm³/mol. The van der Waals surface area contributed by atoms with Gasteiger partial charge in [-0.2, -0.15) is 5.26 Å². The van der Waals surface area contributed by atoms with Crippen LogP contribution in [0.1, 0.15) is 24.8 Å². The molecule has 1 aliphatic carbocycles. The standard InChI is InChI=1S/C14H16N2/c15-11-13-6-8-14(9-7-13)16-10-2-1-3-12-4-5-12/h1,3,6-9,12,16H,2,4-5,10H2. The number of hydrogen-bond donors (Lipinski definition) is 1. The van der Waals surface area contributed by atoms with Gasteiger partial charge in [-0.15, -0.1) is 0 Å². The monoisotopic (exact) mass is 212 g/mol. The van der Waals surface area contributed by atoms with Crippen LogP contribution in [0, 0.1) is 17.2 Å². The molecule has 1 aliphatic rings. The van der Waals surface area contributed by atoms with E-state index in [1.807, 2.05) is 24.3 Å². The van der Waals surface area contributed by atoms with Crippen LogP contribution in [0.2, 0.25) is 0 Å². The third-order valence-corrected chi connectivity index (χ3v) is 2.68. The Hall–Kier alpha value is -1.75. The van der Waals surface area contributed by atoms with Crippen molar-refractivity contribution in [3.8, 4) is 6.07 Å². The molecule has 0 aliphatic heterocycles. The van der Waals surface area contributed by atoms with Crippen LogP contribution in [0.4, 0.5) is 5.69 Å². The molecular weight excluding hydrogens is 196 g/mol. The Morgan fingerprint density at radius 3 is 2.69 bits per heavy atom. The van der Waals surface area contributed by atoms with Gasteiger partial charge in [0.05, 0.1) is 11.6 Å². The average Bonchev–Trinajstić information content (AvgIpc) is 3.13. The maximum atomic E-state index is 8.65. The van der Waals surface area contributed by atoms with Crippen LogP contribution < -0.4 is 5.32 Å². The number of rotatable bonds is 5. The molecule has 1 aromatic carbocycles. The highest BCUT2D eigenvalue weighted by atomic mass is 14.9. The van der Waals surface area contributed by atoms with Crippen molar-refractivity contribution in [2.75, 3.05) is 11.9 Å². The van der Waals surface area contributed by atoms with Gasteiger partial charge < -0.3 is 5.32 Å². The number of nitriles is 1. The molecule has 0 atom stereocenters. The molecule has 0 radical (unpaired) electrons. The van der Waals surface area contributed by atoms with E-state index in [1.54, 1.807) is 0 Å². The highest BCUT2D eigenvalue weighted by Crippen LogP contribution is 2.30. The zero-order valence-electron chi connectivity index (χ0n) is 9.32. The first-order valence-corrected chi connectivity index (χ1v) is 5.79. The van der Waals surface area contributed by atoms with Crippen LogP contribution >= 0.6 is 0 Å². The molecule has 0 unspecified atom stereocenters. The number of anilines is 1. The molecule has 0 bridgehead atoms. The Morgan fingerprint density at radius 1 is 1.31 bits per heavy atom. The third kappa shape index (κ3) is 3.43. The van der Waals surface area contributed by atoms with Gasteiger partial charge in [0.25, 0.3) is 0 Å². The van der Waals surface area contributed by atoms with Gasteiger partial charge in [0.2, 0.25) is 0 Å². The highest BCUT2D eigenvalue weighted by Gasteiger charge is 2.16. The van der Waals surface area contributed by atoms with E-state index in [9.17, 15) is 0 Å². The topological polar surface area (TPSA) is 35.8 Å². The molecule has 0 amide bonds. The van der Waals surface area contributed by atoms with Gasteiger partial charge in [-0.25, -0.2) is 0 Å². The summed E-state index contributed by atoms with van der Waals surface area (Å²) in [4.78, 5) is 0. The first-order chi connectivity index (χ1) is 7.88. The molecule has 1 N–H and O–H groups in total. The highest BCUT2D eigenvalue weighted by molar-refractivity contribution is 5.47. The molecule has 0 heterocycles. The number of allylic oxidation sites excluding steroid dienone is 1. The predicted octanol–water partition coefficient (Wildman–Crippen LogP) is 3.33. The fourth-order valence-corrected chi connectivity index (χ4v) is 1.54. The molecule has 0 spiro atoms. The first-order valence-electron chi connectivity index (χ1n) is 5.79. The van der Waals surface area contributed by atoms with E-state index in [1.165, 1.54) is 12.8 Å². The van der Waals surface area contributed by atoms with E-state index in [2.05, 4.69) is 23.5 Å². The molecule has 1 fully saturated rings. The summed E-state index contributed by atoms with van der Waals surface area (Å²) in [5.41, 5.74) is 1.79. The summed E-state index contributed by atoms with van der Waals surface area (Å²) in [6.45, 7) is 0.953. The van der Waals surface area contributed by atoms with Crippen molar-refractivity contribution >= 4 is 5.69 Å². The second-order valence-corrected chi connectivity index (χ2v) is 4.17. The lowest BCUT2D eigenvalue weighted by Gasteiger charge is -2.03. The summed E-state index contributed by atoms with van der Waals surface area (Å²) >= 11 is 0. The molecular formula is C14H16N2. The van der Waals surface area contributed by atoms with Crippen LogP contribution in [0.15, 0.2) is 36.4 Å². The second-order valence-electron chi connectivity index (χ2n) is 4.17. The second kappa shape index (κ2) is 5.37. The fourth-order valence-electron chi connectivity index (χ4n) is 1.54. The van der Waals surface area contributed by atoms with Gasteiger partial charge in [-0.05, 0) is 49.4 Å². The summed E-state index contributed by atoms with van der Waals surface area (Å²) in [5.74, 6) is 0.870. The van der Waals surface area contributed by atoms with Crippen LogP contribution in [0.5, 0.6) is 0 Å². The lowest BCUT2D eigenvalue weighted by molar-refractivity contribution is 1.03. The Labute approximate surface area is 96.6 Å². The summed E-state index contributed by atoms with van der Waals surface area (Å²) in [6.07, 6.45) is 8.39. The van der Waals surface area contributed by atoms with E-state index in [4.69, 9.17) is 5.26 Å². The van der Waals surface area contributed by atoms with Gasteiger partial charge in [-0.3, -0.25) is 0 Å². The van der Waals surface area contributed by atoms with Crippen molar-refractivity contribution < 1.29 is 0 Å². The largest absolute Gasteiger partial charge is 0.385 e. The third-order valence-electron chi connectivity index (χ3n) is 2.68. The van der Waals surface area contributed by atoms with Gasteiger partial charge in [-0.1, -0.05) is 12.2 Å². The fraction of sp³-hybridized carbons (Fsp3) is 0.357. The van der Waals surface area contributed by atoms with Crippen molar-refractivity contribution in [3.63, 3.8) is 0 Å². The van der Waals surface area contributed by atoms with Gasteiger partial charge in [0.1, 0.15) is 0 Å². The zero-order chi connectivity index (χ0) is 11.2. The Balaban J connectivity index is 1.70. The quantitative estimate of drug-likeness (QED) is 0.600. The van der Waals surface area contributed by atoms with E-state index >= 15 is 0 Å². The Morgan fingerprint density at radius 2 is 2.06 bits per heavy atom. The van der Waals surface area contributed by atoms with E-state index < -0.39 is 0 Å². The molecule has 2 heteroatoms. The molecule has 0 aromatic heterocycles. The normalized spacial score (nSPS) is 14.9. The van der Waals surface area contributed by atoms with Crippen LogP contribution in [-0.4, -0.2) is 6.54 Å². The van der Waals surface area contributed by atoms with E-state index in [0.717, 1.165) is 24.6 Å². The minimum Gasteiger partial charge on any atom is -0.385 e. The van der Waals surface area contributed by atoms with Crippen molar-refractivity contribution in [2.24, 2.45) is 5.92 Å². The molecule has 82 valence electrons. The van der Waals surface area contributed by atoms with Crippen molar-refractivity contribution in [1.82, 2.24) is 0 Å². The van der Waals surface area contributed by atoms with Crippen molar-refractivity contribution in [3.05, 3.63) is 42.0 Å². The zero-order valence-corrected chi connectivity index (χ0v) is 9.32.